The van der Waals surface area contributed by atoms with Crippen molar-refractivity contribution in [3.8, 4) is 11.1 Å². The Morgan fingerprint density at radius 1 is 0.864 bits per heavy atom. The van der Waals surface area contributed by atoms with Gasteiger partial charge in [-0.2, -0.15) is 0 Å². The third-order valence-corrected chi connectivity index (χ3v) is 18.1. The molecule has 3 atom stereocenters. The zero-order valence-corrected chi connectivity index (χ0v) is 33.8. The number of ether oxygens (including phenoxy) is 2. The molecule has 2 saturated carbocycles. The molecule has 0 saturated heterocycles. The second-order valence-corrected chi connectivity index (χ2v) is 42.5. The number of anilines is 1. The average Bonchev–Trinajstić information content (AvgIpc) is 3.52. The summed E-state index contributed by atoms with van der Waals surface area (Å²) in [6, 6.07) is 9.06. The number of pyridine rings is 1. The Morgan fingerprint density at radius 2 is 1.48 bits per heavy atom. The zero-order chi connectivity index (χ0) is 31.7. The van der Waals surface area contributed by atoms with Crippen LogP contribution in [0.5, 0.6) is 0 Å². The Kier molecular flexibility index (Phi) is 10.7. The molecule has 242 valence electrons. The van der Waals surface area contributed by atoms with Crippen LogP contribution in [-0.2, 0) is 9.47 Å². The molecular formula is C34H57N5O2Si2Sn. The zero-order valence-electron chi connectivity index (χ0n) is 28.9. The van der Waals surface area contributed by atoms with Crippen molar-refractivity contribution in [1.29, 1.82) is 0 Å². The van der Waals surface area contributed by atoms with Crippen LogP contribution in [0.15, 0.2) is 30.6 Å². The first-order valence-corrected chi connectivity index (χ1v) is 34.3. The summed E-state index contributed by atoms with van der Waals surface area (Å²) in [7, 11) is -2.39. The van der Waals surface area contributed by atoms with E-state index in [2.05, 4.69) is 77.2 Å². The van der Waals surface area contributed by atoms with Gasteiger partial charge in [-0.25, -0.2) is 0 Å². The van der Waals surface area contributed by atoms with E-state index >= 15 is 0 Å². The third-order valence-electron chi connectivity index (χ3n) is 9.43. The molecule has 3 heterocycles. The summed E-state index contributed by atoms with van der Waals surface area (Å²) in [6.45, 7) is 16.9. The average molecular weight is 743 g/mol. The molecule has 5 rings (SSSR count). The molecule has 3 aromatic heterocycles. The molecular weight excluding hydrogens is 685 g/mol. The topological polar surface area (TPSA) is 64.8 Å². The standard InChI is InChI=1S/C31H48N5O2Si2.3CH3.Sn/c1-39(2,3)14-12-37-22-35(23-38-13-15-40(4,5)6)30-19-29(27-17-24-9-10-25(16-24)18-27)34-31-28(21-33-36(30)31)26-8-7-11-32-20-26;;;;/h7-8,19-21,24-25,27H,9-10,12-18,22-23H2,1-6H3;3*1H3;/t24-,25+,27?;;;;. The van der Waals surface area contributed by atoms with Gasteiger partial charge >= 0.3 is 206 Å². The van der Waals surface area contributed by atoms with Gasteiger partial charge < -0.3 is 0 Å². The summed E-state index contributed by atoms with van der Waals surface area (Å²) in [5.74, 6) is 3.20. The minimum atomic E-state index is -2.26. The van der Waals surface area contributed by atoms with Crippen LogP contribution < -0.4 is 8.61 Å². The predicted octanol–water partition coefficient (Wildman–Crippen LogP) is 8.06. The monoisotopic (exact) mass is 743 g/mol. The fraction of sp³-hybridized carbons (Fsp3) is 0.676. The van der Waals surface area contributed by atoms with E-state index in [-0.39, 0.29) is 0 Å². The summed E-state index contributed by atoms with van der Waals surface area (Å²) in [5.41, 5.74) is 4.26. The Balaban J connectivity index is 1.52. The number of rotatable bonds is 14. The minimum absolute atomic E-state index is 0.482. The van der Waals surface area contributed by atoms with Crippen LogP contribution in [0.3, 0.4) is 0 Å². The number of nitrogens with zero attached hydrogens (tertiary/aromatic N) is 5. The van der Waals surface area contributed by atoms with Crippen molar-refractivity contribution < 1.29 is 9.47 Å². The molecule has 2 fully saturated rings. The molecule has 0 spiro atoms. The van der Waals surface area contributed by atoms with E-state index in [9.17, 15) is 0 Å². The molecule has 0 aliphatic heterocycles. The van der Waals surface area contributed by atoms with Crippen LogP contribution in [0.2, 0.25) is 66.2 Å². The molecule has 1 unspecified atom stereocenters. The Hall–Kier alpha value is -1.28. The number of hydrogen-bond acceptors (Lipinski definition) is 6. The van der Waals surface area contributed by atoms with E-state index in [1.807, 2.05) is 16.9 Å². The summed E-state index contributed by atoms with van der Waals surface area (Å²) in [5, 5.41) is 4.95. The van der Waals surface area contributed by atoms with Crippen molar-refractivity contribution in [1.82, 2.24) is 19.6 Å². The first-order chi connectivity index (χ1) is 20.7. The van der Waals surface area contributed by atoms with Gasteiger partial charge in [0, 0.05) is 16.1 Å². The molecule has 44 heavy (non-hydrogen) atoms. The molecule has 3 aromatic rings. The summed E-state index contributed by atoms with van der Waals surface area (Å²) in [4.78, 5) is 19.8. The van der Waals surface area contributed by atoms with Crippen molar-refractivity contribution >= 4 is 49.7 Å². The van der Waals surface area contributed by atoms with Crippen LogP contribution in [0, 0.1) is 11.8 Å². The predicted molar refractivity (Wildman–Crippen MR) is 192 cm³/mol. The van der Waals surface area contributed by atoms with Crippen molar-refractivity contribution in [2.45, 2.75) is 104 Å². The van der Waals surface area contributed by atoms with E-state index in [1.165, 1.54) is 41.5 Å². The maximum atomic E-state index is 6.36. The van der Waals surface area contributed by atoms with Gasteiger partial charge in [0.2, 0.25) is 0 Å². The number of aromatic nitrogens is 4. The SMILES string of the molecule is C[Si](C)(C)CCOCN(COCC[Si](C)(C)C)c1cc(C2C[C@H]3CC[C@@H](C2)C3)nc2c(-c3cc[c]([Sn]([CH3])([CH3])[CH3])nc3)cnn12. The molecule has 10 heteroatoms. The first-order valence-electron chi connectivity index (χ1n) is 16.9. The van der Waals surface area contributed by atoms with E-state index in [0.29, 0.717) is 19.4 Å². The Morgan fingerprint density at radius 3 is 2.00 bits per heavy atom. The van der Waals surface area contributed by atoms with Crippen LogP contribution in [0.25, 0.3) is 16.8 Å². The molecule has 0 N–H and O–H groups in total. The molecule has 2 aliphatic rings. The first kappa shape index (κ1) is 34.1. The van der Waals surface area contributed by atoms with Gasteiger partial charge in [0.05, 0.1) is 0 Å². The number of fused-ring (bicyclic) bond motifs is 3. The Labute approximate surface area is 272 Å². The molecule has 0 aromatic carbocycles. The van der Waals surface area contributed by atoms with Gasteiger partial charge in [0.25, 0.3) is 0 Å². The summed E-state index contributed by atoms with van der Waals surface area (Å²) in [6.07, 6.45) is 10.7. The number of hydrogen-bond donors (Lipinski definition) is 0. The molecule has 0 amide bonds. The molecule has 2 bridgehead atoms. The fourth-order valence-corrected chi connectivity index (χ4v) is 11.1. The van der Waals surface area contributed by atoms with Crippen molar-refractivity contribution in [3.63, 3.8) is 0 Å². The van der Waals surface area contributed by atoms with Crippen molar-refractivity contribution in [3.05, 3.63) is 36.3 Å². The molecule has 2 aliphatic carbocycles. The van der Waals surface area contributed by atoms with Gasteiger partial charge in [0.1, 0.15) is 0 Å². The van der Waals surface area contributed by atoms with Gasteiger partial charge in [0.15, 0.2) is 0 Å². The van der Waals surface area contributed by atoms with Gasteiger partial charge in [-0.05, 0) is 12.1 Å². The van der Waals surface area contributed by atoms with Gasteiger partial charge in [-0.3, -0.25) is 0 Å². The summed E-state index contributed by atoms with van der Waals surface area (Å²) < 4.78 is 16.0. The van der Waals surface area contributed by atoms with E-state index < -0.39 is 34.5 Å². The maximum absolute atomic E-state index is 6.36. The van der Waals surface area contributed by atoms with Crippen LogP contribution in [0.1, 0.15) is 43.7 Å². The quantitative estimate of drug-likeness (QED) is 0.0947. The normalized spacial score (nSPS) is 20.9. The molecule has 7 nitrogen and oxygen atoms in total. The second kappa shape index (κ2) is 13.8. The van der Waals surface area contributed by atoms with Crippen LogP contribution in [-0.4, -0.2) is 80.8 Å². The van der Waals surface area contributed by atoms with Gasteiger partial charge in [-0.1, -0.05) is 39.3 Å². The van der Waals surface area contributed by atoms with E-state index in [4.69, 9.17) is 24.5 Å². The molecule has 0 radical (unpaired) electrons. The Bertz CT molecular complexity index is 1360. The van der Waals surface area contributed by atoms with Crippen LogP contribution in [0.4, 0.5) is 5.82 Å². The third kappa shape index (κ3) is 8.95. The van der Waals surface area contributed by atoms with Crippen LogP contribution >= 0.6 is 0 Å². The van der Waals surface area contributed by atoms with Crippen molar-refractivity contribution in [2.24, 2.45) is 11.8 Å². The second-order valence-electron chi connectivity index (χ2n) is 17.0. The van der Waals surface area contributed by atoms with Gasteiger partial charge in [-0.15, -0.1) is 0 Å². The summed E-state index contributed by atoms with van der Waals surface area (Å²) >= 11 is -2.26. The van der Waals surface area contributed by atoms with Crippen molar-refractivity contribution in [2.75, 3.05) is 31.6 Å². The van der Waals surface area contributed by atoms with E-state index in [1.54, 1.807) is 0 Å². The fourth-order valence-electron chi connectivity index (χ4n) is 6.62. The van der Waals surface area contributed by atoms with E-state index in [0.717, 1.165) is 59.7 Å².